The summed E-state index contributed by atoms with van der Waals surface area (Å²) in [6.45, 7) is 5.46. The Kier molecular flexibility index (Phi) is 5.26. The fourth-order valence-corrected chi connectivity index (χ4v) is 2.26. The number of carbonyl (C=O) groups is 1. The third kappa shape index (κ3) is 4.61. The highest BCUT2D eigenvalue weighted by molar-refractivity contribution is 5.96. The molecule has 1 aromatic carbocycles. The van der Waals surface area contributed by atoms with Gasteiger partial charge in [-0.1, -0.05) is 26.0 Å². The number of rotatable bonds is 6. The summed E-state index contributed by atoms with van der Waals surface area (Å²) in [5.41, 5.74) is 0.350. The molecule has 0 aromatic heterocycles. The Morgan fingerprint density at radius 2 is 2.05 bits per heavy atom. The van der Waals surface area contributed by atoms with Gasteiger partial charge in [0.2, 0.25) is 0 Å². The Morgan fingerprint density at radius 1 is 1.36 bits per heavy atom. The molecule has 120 valence electrons. The smallest absolute Gasteiger partial charge is 0.270 e. The average Bonchev–Trinajstić information content (AvgIpc) is 2.49. The minimum absolute atomic E-state index is 0.0370. The number of carbonyl (C=O) groups excluding carboxylic acids is 1. The normalized spacial score (nSPS) is 18.1. The molecule has 1 aliphatic heterocycles. The van der Waals surface area contributed by atoms with Gasteiger partial charge in [0.1, 0.15) is 0 Å². The summed E-state index contributed by atoms with van der Waals surface area (Å²) >= 11 is 0. The van der Waals surface area contributed by atoms with Gasteiger partial charge in [-0.05, 0) is 12.8 Å². The molecule has 6 nitrogen and oxygen atoms in total. The maximum absolute atomic E-state index is 12.1. The van der Waals surface area contributed by atoms with Crippen LogP contribution in [-0.2, 0) is 9.47 Å². The van der Waals surface area contributed by atoms with Crippen LogP contribution in [0.2, 0.25) is 0 Å². The minimum Gasteiger partial charge on any atom is -0.352 e. The summed E-state index contributed by atoms with van der Waals surface area (Å²) < 4.78 is 11.2. The lowest BCUT2D eigenvalue weighted by Gasteiger charge is -2.34. The molecule has 1 aromatic rings. The summed E-state index contributed by atoms with van der Waals surface area (Å²) in [4.78, 5) is 22.3. The standard InChI is InChI=1S/C16H21NO5/c1-16(2)10-21-15(22-11-16)8-4-7-14(18)12-5-3-6-13(9-12)17(19)20/h3,5-6,9,15H,4,7-8,10-11H2,1-2H3. The summed E-state index contributed by atoms with van der Waals surface area (Å²) in [5, 5.41) is 10.7. The van der Waals surface area contributed by atoms with Crippen molar-refractivity contribution in [1.29, 1.82) is 0 Å². The van der Waals surface area contributed by atoms with Gasteiger partial charge in [-0.25, -0.2) is 0 Å². The molecule has 0 unspecified atom stereocenters. The van der Waals surface area contributed by atoms with Crippen LogP contribution in [-0.4, -0.2) is 30.2 Å². The van der Waals surface area contributed by atoms with E-state index in [1.54, 1.807) is 6.07 Å². The second kappa shape index (κ2) is 6.98. The molecule has 1 heterocycles. The highest BCUT2D eigenvalue weighted by Gasteiger charge is 2.28. The largest absolute Gasteiger partial charge is 0.352 e. The van der Waals surface area contributed by atoms with E-state index in [0.717, 1.165) is 0 Å². The molecular weight excluding hydrogens is 286 g/mol. The lowest BCUT2D eigenvalue weighted by molar-refractivity contribution is -0.384. The van der Waals surface area contributed by atoms with Crippen LogP contribution in [0.25, 0.3) is 0 Å². The molecule has 0 atom stereocenters. The van der Waals surface area contributed by atoms with Gasteiger partial charge in [-0.15, -0.1) is 0 Å². The molecule has 6 heteroatoms. The van der Waals surface area contributed by atoms with Crippen molar-refractivity contribution < 1.29 is 19.2 Å². The fraction of sp³-hybridized carbons (Fsp3) is 0.562. The van der Waals surface area contributed by atoms with Crippen molar-refractivity contribution in [2.24, 2.45) is 5.41 Å². The molecule has 0 aliphatic carbocycles. The molecular formula is C16H21NO5. The zero-order valence-electron chi connectivity index (χ0n) is 12.9. The number of benzene rings is 1. The third-order valence-electron chi connectivity index (χ3n) is 3.54. The Morgan fingerprint density at radius 3 is 2.68 bits per heavy atom. The van der Waals surface area contributed by atoms with Crippen LogP contribution in [0, 0.1) is 15.5 Å². The van der Waals surface area contributed by atoms with Gasteiger partial charge in [0.05, 0.1) is 18.1 Å². The van der Waals surface area contributed by atoms with E-state index in [1.165, 1.54) is 18.2 Å². The summed E-state index contributed by atoms with van der Waals surface area (Å²) in [5.74, 6) is -0.0974. The highest BCUT2D eigenvalue weighted by Crippen LogP contribution is 2.25. The molecule has 0 bridgehead atoms. The van der Waals surface area contributed by atoms with Crippen molar-refractivity contribution in [3.63, 3.8) is 0 Å². The van der Waals surface area contributed by atoms with Crippen LogP contribution >= 0.6 is 0 Å². The first-order valence-corrected chi connectivity index (χ1v) is 7.38. The number of nitro groups is 1. The number of hydrogen-bond acceptors (Lipinski definition) is 5. The van der Waals surface area contributed by atoms with Gasteiger partial charge in [0.25, 0.3) is 5.69 Å². The van der Waals surface area contributed by atoms with E-state index < -0.39 is 4.92 Å². The first kappa shape index (κ1) is 16.6. The van der Waals surface area contributed by atoms with Crippen molar-refractivity contribution in [2.75, 3.05) is 13.2 Å². The highest BCUT2D eigenvalue weighted by atomic mass is 16.7. The minimum atomic E-state index is -0.498. The Hall–Kier alpha value is -1.79. The number of nitrogens with zero attached hydrogens (tertiary/aromatic N) is 1. The first-order valence-electron chi connectivity index (χ1n) is 7.38. The lowest BCUT2D eigenvalue weighted by atomic mass is 9.95. The van der Waals surface area contributed by atoms with E-state index in [-0.39, 0.29) is 23.2 Å². The zero-order chi connectivity index (χ0) is 16.2. The van der Waals surface area contributed by atoms with E-state index in [2.05, 4.69) is 13.8 Å². The Labute approximate surface area is 129 Å². The van der Waals surface area contributed by atoms with Crippen molar-refractivity contribution in [1.82, 2.24) is 0 Å². The lowest BCUT2D eigenvalue weighted by Crippen LogP contribution is -2.37. The van der Waals surface area contributed by atoms with Crippen molar-refractivity contribution in [2.45, 2.75) is 39.4 Å². The maximum Gasteiger partial charge on any atom is 0.270 e. The van der Waals surface area contributed by atoms with Crippen molar-refractivity contribution >= 4 is 11.5 Å². The van der Waals surface area contributed by atoms with Crippen LogP contribution < -0.4 is 0 Å². The number of nitro benzene ring substituents is 1. The van der Waals surface area contributed by atoms with Crippen molar-refractivity contribution in [3.8, 4) is 0 Å². The van der Waals surface area contributed by atoms with Crippen LogP contribution in [0.4, 0.5) is 5.69 Å². The molecule has 0 spiro atoms. The van der Waals surface area contributed by atoms with E-state index >= 15 is 0 Å². The summed E-state index contributed by atoms with van der Waals surface area (Å²) in [6.07, 6.45) is 1.35. The summed E-state index contributed by atoms with van der Waals surface area (Å²) in [7, 11) is 0. The van der Waals surface area contributed by atoms with Gasteiger partial charge in [0, 0.05) is 29.5 Å². The fourth-order valence-electron chi connectivity index (χ4n) is 2.26. The van der Waals surface area contributed by atoms with E-state index in [4.69, 9.17) is 9.47 Å². The molecule has 2 rings (SSSR count). The monoisotopic (exact) mass is 307 g/mol. The second-order valence-electron chi connectivity index (χ2n) is 6.34. The topological polar surface area (TPSA) is 78.7 Å². The number of ether oxygens (including phenoxy) is 2. The number of Topliss-reactive ketones (excluding diaryl/α,β-unsaturated/α-hetero) is 1. The van der Waals surface area contributed by atoms with E-state index in [0.29, 0.717) is 38.0 Å². The molecule has 0 saturated carbocycles. The van der Waals surface area contributed by atoms with Gasteiger partial charge in [-0.3, -0.25) is 14.9 Å². The maximum atomic E-state index is 12.1. The first-order chi connectivity index (χ1) is 10.4. The number of ketones is 1. The zero-order valence-corrected chi connectivity index (χ0v) is 12.9. The molecule has 22 heavy (non-hydrogen) atoms. The Bertz CT molecular complexity index is 545. The van der Waals surface area contributed by atoms with Crippen molar-refractivity contribution in [3.05, 3.63) is 39.9 Å². The molecule has 1 fully saturated rings. The molecule has 0 amide bonds. The number of non-ortho nitro benzene ring substituents is 1. The quantitative estimate of drug-likeness (QED) is 0.457. The van der Waals surface area contributed by atoms with Gasteiger partial charge < -0.3 is 9.47 Å². The molecule has 0 N–H and O–H groups in total. The van der Waals surface area contributed by atoms with Gasteiger partial charge in [0.15, 0.2) is 12.1 Å². The number of hydrogen-bond donors (Lipinski definition) is 0. The van der Waals surface area contributed by atoms with Crippen LogP contribution in [0.1, 0.15) is 43.5 Å². The van der Waals surface area contributed by atoms with E-state index in [1.807, 2.05) is 0 Å². The van der Waals surface area contributed by atoms with Crippen LogP contribution in [0.5, 0.6) is 0 Å². The Balaban J connectivity index is 1.79. The third-order valence-corrected chi connectivity index (χ3v) is 3.54. The van der Waals surface area contributed by atoms with Gasteiger partial charge in [-0.2, -0.15) is 0 Å². The molecule has 0 radical (unpaired) electrons. The predicted molar refractivity (Wildman–Crippen MR) is 80.8 cm³/mol. The molecule has 1 saturated heterocycles. The van der Waals surface area contributed by atoms with Crippen LogP contribution in [0.3, 0.4) is 0 Å². The average molecular weight is 307 g/mol. The molecule has 1 aliphatic rings. The van der Waals surface area contributed by atoms with Crippen LogP contribution in [0.15, 0.2) is 24.3 Å². The van der Waals surface area contributed by atoms with E-state index in [9.17, 15) is 14.9 Å². The SMILES string of the molecule is CC1(C)COC(CCCC(=O)c2cccc([N+](=O)[O-])c2)OC1. The summed E-state index contributed by atoms with van der Waals surface area (Å²) in [6, 6.07) is 5.83. The predicted octanol–water partition coefficient (Wildman–Crippen LogP) is 3.35. The van der Waals surface area contributed by atoms with Gasteiger partial charge >= 0.3 is 0 Å². The second-order valence-corrected chi connectivity index (χ2v) is 6.34.